The fourth-order valence-corrected chi connectivity index (χ4v) is 4.54. The number of para-hydroxylation sites is 1. The monoisotopic (exact) mass is 471 g/mol. The van der Waals surface area contributed by atoms with E-state index in [0.717, 1.165) is 5.69 Å². The number of pyridine rings is 1. The molecule has 0 radical (unpaired) electrons. The number of aryl methyl sites for hydroxylation is 1. The molecule has 0 saturated carbocycles. The SMILES string of the molecule is CC(=O)c1c2c(c3oc(=O)cc(C)c3c1O)[C@@H](c1ccccc1OCc1ccccn1)CC(=O)O2. The maximum absolute atomic E-state index is 12.7. The molecule has 0 spiro atoms. The molecule has 176 valence electrons. The van der Waals surface area contributed by atoms with Crippen LogP contribution in [0, 0.1) is 6.92 Å². The minimum atomic E-state index is -0.655. The largest absolute Gasteiger partial charge is 0.506 e. The zero-order valence-corrected chi connectivity index (χ0v) is 19.0. The summed E-state index contributed by atoms with van der Waals surface area (Å²) in [5, 5.41) is 11.2. The number of nitrogens with zero attached hydrogens (tertiary/aromatic N) is 1. The van der Waals surface area contributed by atoms with Gasteiger partial charge in [-0.25, -0.2) is 4.79 Å². The van der Waals surface area contributed by atoms with Gasteiger partial charge in [0.25, 0.3) is 0 Å². The van der Waals surface area contributed by atoms with Crippen LogP contribution in [-0.2, 0) is 11.4 Å². The van der Waals surface area contributed by atoms with Crippen LogP contribution in [0.4, 0.5) is 0 Å². The van der Waals surface area contributed by atoms with Crippen molar-refractivity contribution in [1.82, 2.24) is 4.98 Å². The lowest BCUT2D eigenvalue weighted by Crippen LogP contribution is -2.24. The minimum absolute atomic E-state index is 0.0736. The van der Waals surface area contributed by atoms with Crippen LogP contribution in [-0.4, -0.2) is 21.8 Å². The molecule has 0 amide bonds. The highest BCUT2D eigenvalue weighted by atomic mass is 16.5. The molecule has 2 aromatic heterocycles. The Kier molecular flexibility index (Phi) is 5.56. The summed E-state index contributed by atoms with van der Waals surface area (Å²) in [6.45, 7) is 3.12. The highest BCUT2D eigenvalue weighted by Crippen LogP contribution is 2.50. The number of phenols is 1. The Labute approximate surface area is 199 Å². The van der Waals surface area contributed by atoms with E-state index in [1.54, 1.807) is 37.4 Å². The zero-order chi connectivity index (χ0) is 24.7. The molecule has 8 heteroatoms. The number of carbonyl (C=O) groups excluding carboxylic acids is 2. The molecule has 0 bridgehead atoms. The molecule has 0 fully saturated rings. The number of benzene rings is 2. The molecular weight excluding hydrogens is 450 g/mol. The first-order valence-electron chi connectivity index (χ1n) is 11.0. The van der Waals surface area contributed by atoms with Crippen molar-refractivity contribution in [2.24, 2.45) is 0 Å². The van der Waals surface area contributed by atoms with Gasteiger partial charge in [-0.2, -0.15) is 0 Å². The fraction of sp³-hybridized carbons (Fsp3) is 0.185. The first-order chi connectivity index (χ1) is 16.8. The van der Waals surface area contributed by atoms with Crippen LogP contribution in [0.15, 0.2) is 63.9 Å². The molecule has 3 heterocycles. The van der Waals surface area contributed by atoms with Crippen LogP contribution >= 0.6 is 0 Å². The second kappa shape index (κ2) is 8.72. The number of ether oxygens (including phenoxy) is 2. The van der Waals surface area contributed by atoms with Crippen molar-refractivity contribution in [3.63, 3.8) is 0 Å². The van der Waals surface area contributed by atoms with E-state index in [9.17, 15) is 19.5 Å². The fourth-order valence-electron chi connectivity index (χ4n) is 4.54. The second-order valence-electron chi connectivity index (χ2n) is 8.35. The van der Waals surface area contributed by atoms with Crippen molar-refractivity contribution >= 4 is 22.7 Å². The Morgan fingerprint density at radius 2 is 1.94 bits per heavy atom. The van der Waals surface area contributed by atoms with Gasteiger partial charge < -0.3 is 19.0 Å². The number of ketones is 1. The number of aromatic hydroxyl groups is 1. The van der Waals surface area contributed by atoms with E-state index < -0.39 is 23.3 Å². The number of rotatable bonds is 5. The third-order valence-electron chi connectivity index (χ3n) is 6.03. The maximum Gasteiger partial charge on any atom is 0.336 e. The third kappa shape index (κ3) is 3.93. The highest BCUT2D eigenvalue weighted by Gasteiger charge is 2.38. The van der Waals surface area contributed by atoms with E-state index in [2.05, 4.69) is 4.98 Å². The van der Waals surface area contributed by atoms with Gasteiger partial charge in [0.2, 0.25) is 0 Å². The number of aromatic nitrogens is 1. The number of carbonyl (C=O) groups is 2. The molecule has 1 N–H and O–H groups in total. The number of esters is 1. The lowest BCUT2D eigenvalue weighted by atomic mass is 9.82. The summed E-state index contributed by atoms with van der Waals surface area (Å²) >= 11 is 0. The van der Waals surface area contributed by atoms with E-state index in [0.29, 0.717) is 22.4 Å². The van der Waals surface area contributed by atoms with Gasteiger partial charge in [-0.15, -0.1) is 0 Å². The Bertz CT molecular complexity index is 1540. The second-order valence-corrected chi connectivity index (χ2v) is 8.35. The van der Waals surface area contributed by atoms with Crippen molar-refractivity contribution in [2.75, 3.05) is 0 Å². The molecule has 1 aliphatic rings. The van der Waals surface area contributed by atoms with Gasteiger partial charge in [-0.05, 0) is 37.6 Å². The lowest BCUT2D eigenvalue weighted by molar-refractivity contribution is -0.135. The van der Waals surface area contributed by atoms with Gasteiger partial charge >= 0.3 is 11.6 Å². The third-order valence-corrected chi connectivity index (χ3v) is 6.03. The van der Waals surface area contributed by atoms with Gasteiger partial charge in [0.05, 0.1) is 17.5 Å². The average Bonchev–Trinajstić information content (AvgIpc) is 2.82. The van der Waals surface area contributed by atoms with Crippen molar-refractivity contribution in [3.8, 4) is 17.2 Å². The van der Waals surface area contributed by atoms with E-state index >= 15 is 0 Å². The maximum atomic E-state index is 12.7. The number of phenolic OH excluding ortho intramolecular Hbond substituents is 1. The molecule has 2 aromatic carbocycles. The first-order valence-corrected chi connectivity index (χ1v) is 11.0. The molecule has 8 nitrogen and oxygen atoms in total. The summed E-state index contributed by atoms with van der Waals surface area (Å²) in [7, 11) is 0. The molecule has 1 atom stereocenters. The Hall–Kier alpha value is -4.46. The number of Topliss-reactive ketones (excluding diaryl/α,β-unsaturated/α-hetero) is 1. The predicted octanol–water partition coefficient (Wildman–Crippen LogP) is 4.42. The van der Waals surface area contributed by atoms with E-state index in [1.807, 2.05) is 18.2 Å². The summed E-state index contributed by atoms with van der Waals surface area (Å²) in [5.74, 6) is -1.71. The highest BCUT2D eigenvalue weighted by molar-refractivity contribution is 6.09. The van der Waals surface area contributed by atoms with Crippen LogP contribution in [0.3, 0.4) is 0 Å². The van der Waals surface area contributed by atoms with Crippen molar-refractivity contribution < 1.29 is 28.6 Å². The van der Waals surface area contributed by atoms with E-state index in [1.165, 1.54) is 13.0 Å². The minimum Gasteiger partial charge on any atom is -0.506 e. The van der Waals surface area contributed by atoms with Crippen molar-refractivity contribution in [1.29, 1.82) is 0 Å². The van der Waals surface area contributed by atoms with Crippen LogP contribution in [0.5, 0.6) is 17.2 Å². The standard InChI is InChI=1S/C27H21NO7/c1-14-11-20(30)34-26-22(14)25(32)23(15(2)29)27-24(26)18(12-21(31)35-27)17-8-3-4-9-19(17)33-13-16-7-5-6-10-28-16/h3-11,18,32H,12-13H2,1-2H3/t18-/m1/s1. The number of fused-ring (bicyclic) bond motifs is 3. The summed E-state index contributed by atoms with van der Waals surface area (Å²) in [5.41, 5.74) is 1.47. The van der Waals surface area contributed by atoms with Crippen LogP contribution in [0.1, 0.15) is 52.0 Å². The number of hydrogen-bond acceptors (Lipinski definition) is 8. The van der Waals surface area contributed by atoms with Gasteiger partial charge in [0.1, 0.15) is 29.3 Å². The molecule has 0 saturated heterocycles. The Morgan fingerprint density at radius 3 is 2.69 bits per heavy atom. The molecule has 4 aromatic rings. The summed E-state index contributed by atoms with van der Waals surface area (Å²) in [6.07, 6.45) is 1.59. The molecule has 0 aliphatic carbocycles. The lowest BCUT2D eigenvalue weighted by Gasteiger charge is -2.28. The van der Waals surface area contributed by atoms with Crippen molar-refractivity contribution in [3.05, 3.63) is 93.1 Å². The normalized spacial score (nSPS) is 14.9. The number of hydrogen-bond donors (Lipinski definition) is 1. The summed E-state index contributed by atoms with van der Waals surface area (Å²) in [4.78, 5) is 41.8. The topological polar surface area (TPSA) is 116 Å². The summed E-state index contributed by atoms with van der Waals surface area (Å²) in [6, 6.07) is 13.9. The van der Waals surface area contributed by atoms with Crippen LogP contribution in [0.25, 0.3) is 11.0 Å². The molecule has 5 rings (SSSR count). The van der Waals surface area contributed by atoms with Crippen LogP contribution in [0.2, 0.25) is 0 Å². The van der Waals surface area contributed by atoms with Crippen LogP contribution < -0.4 is 15.1 Å². The van der Waals surface area contributed by atoms with Gasteiger partial charge in [0.15, 0.2) is 11.5 Å². The smallest absolute Gasteiger partial charge is 0.336 e. The van der Waals surface area contributed by atoms with E-state index in [-0.39, 0.29) is 41.1 Å². The van der Waals surface area contributed by atoms with Gasteiger partial charge in [-0.1, -0.05) is 24.3 Å². The molecular formula is C27H21NO7. The average molecular weight is 471 g/mol. The molecule has 35 heavy (non-hydrogen) atoms. The van der Waals surface area contributed by atoms with Gasteiger partial charge in [-0.3, -0.25) is 14.6 Å². The summed E-state index contributed by atoms with van der Waals surface area (Å²) < 4.78 is 17.1. The molecule has 1 aliphatic heterocycles. The quantitative estimate of drug-likeness (QED) is 0.197. The Morgan fingerprint density at radius 1 is 1.17 bits per heavy atom. The van der Waals surface area contributed by atoms with E-state index in [4.69, 9.17) is 13.9 Å². The predicted molar refractivity (Wildman–Crippen MR) is 126 cm³/mol. The zero-order valence-electron chi connectivity index (χ0n) is 19.0. The molecule has 0 unspecified atom stereocenters. The van der Waals surface area contributed by atoms with Gasteiger partial charge in [0, 0.05) is 29.3 Å². The van der Waals surface area contributed by atoms with Crippen molar-refractivity contribution in [2.45, 2.75) is 32.8 Å². The first kappa shape index (κ1) is 22.3. The Balaban J connectivity index is 1.75.